The molecule has 1 saturated heterocycles. The summed E-state index contributed by atoms with van der Waals surface area (Å²) in [6, 6.07) is 2.47. The molecule has 1 aromatic rings. The topological polar surface area (TPSA) is 66.5 Å². The number of amides is 1. The summed E-state index contributed by atoms with van der Waals surface area (Å²) in [4.78, 5) is 13.7. The van der Waals surface area contributed by atoms with Crippen LogP contribution in [-0.2, 0) is 9.84 Å². The highest BCUT2D eigenvalue weighted by atomic mass is 79.9. The average Bonchev–Trinajstić information content (AvgIpc) is 2.42. The van der Waals surface area contributed by atoms with Gasteiger partial charge in [-0.3, -0.25) is 4.79 Å². The average molecular weight is 393 g/mol. The standard InChI is InChI=1S/C14H18BrFN2O3S/c1-8-9(2)18(5-4-17-8)14(19)11-6-10(15)7-12(13(11)16)22(3,20)21/h6-9,17H,4-5H2,1-3H3. The van der Waals surface area contributed by atoms with Crippen LogP contribution in [0.25, 0.3) is 0 Å². The summed E-state index contributed by atoms with van der Waals surface area (Å²) in [5.41, 5.74) is -0.226. The predicted molar refractivity (Wildman–Crippen MR) is 85.2 cm³/mol. The van der Waals surface area contributed by atoms with Crippen LogP contribution in [-0.4, -0.2) is 50.7 Å². The second-order valence-corrected chi connectivity index (χ2v) is 8.42. The molecular weight excluding hydrogens is 375 g/mol. The molecule has 2 unspecified atom stereocenters. The molecular formula is C14H18BrFN2O3S. The number of benzene rings is 1. The van der Waals surface area contributed by atoms with Crippen LogP contribution in [0, 0.1) is 5.82 Å². The number of piperazine rings is 1. The van der Waals surface area contributed by atoms with Gasteiger partial charge in [0.1, 0.15) is 4.90 Å². The zero-order chi connectivity index (χ0) is 16.7. The summed E-state index contributed by atoms with van der Waals surface area (Å²) in [5.74, 6) is -1.49. The van der Waals surface area contributed by atoms with Crippen LogP contribution in [0.5, 0.6) is 0 Å². The third-order valence-electron chi connectivity index (χ3n) is 3.93. The van der Waals surface area contributed by atoms with Gasteiger partial charge in [-0.25, -0.2) is 12.8 Å². The minimum absolute atomic E-state index is 0.0855. The molecule has 122 valence electrons. The van der Waals surface area contributed by atoms with Gasteiger partial charge in [0.05, 0.1) is 5.56 Å². The fraction of sp³-hybridized carbons (Fsp3) is 0.500. The molecule has 0 radical (unpaired) electrons. The van der Waals surface area contributed by atoms with Gasteiger partial charge in [0.2, 0.25) is 0 Å². The van der Waals surface area contributed by atoms with Gasteiger partial charge in [-0.15, -0.1) is 0 Å². The summed E-state index contributed by atoms with van der Waals surface area (Å²) < 4.78 is 38.2. The Morgan fingerprint density at radius 3 is 2.64 bits per heavy atom. The van der Waals surface area contributed by atoms with E-state index in [1.807, 2.05) is 13.8 Å². The van der Waals surface area contributed by atoms with Crippen LogP contribution in [0.15, 0.2) is 21.5 Å². The van der Waals surface area contributed by atoms with Gasteiger partial charge in [-0.1, -0.05) is 15.9 Å². The summed E-state index contributed by atoms with van der Waals surface area (Å²) >= 11 is 3.14. The van der Waals surface area contributed by atoms with Crippen LogP contribution in [0.1, 0.15) is 24.2 Å². The Kier molecular flexibility index (Phi) is 4.93. The van der Waals surface area contributed by atoms with Crippen LogP contribution >= 0.6 is 15.9 Å². The van der Waals surface area contributed by atoms with Crippen LogP contribution < -0.4 is 5.32 Å². The number of hydrogen-bond donors (Lipinski definition) is 1. The van der Waals surface area contributed by atoms with Crippen molar-refractivity contribution in [2.24, 2.45) is 0 Å². The van der Waals surface area contributed by atoms with Gasteiger partial charge in [-0.05, 0) is 26.0 Å². The minimum atomic E-state index is -3.76. The third kappa shape index (κ3) is 3.33. The van der Waals surface area contributed by atoms with Crippen molar-refractivity contribution >= 4 is 31.7 Å². The highest BCUT2D eigenvalue weighted by molar-refractivity contribution is 9.10. The quantitative estimate of drug-likeness (QED) is 0.833. The Hall–Kier alpha value is -0.990. The first kappa shape index (κ1) is 17.4. The molecule has 1 aromatic carbocycles. The van der Waals surface area contributed by atoms with Gasteiger partial charge >= 0.3 is 0 Å². The van der Waals surface area contributed by atoms with Gasteiger partial charge in [0.15, 0.2) is 15.7 Å². The molecule has 5 nitrogen and oxygen atoms in total. The van der Waals surface area contributed by atoms with Gasteiger partial charge < -0.3 is 10.2 Å². The lowest BCUT2D eigenvalue weighted by Gasteiger charge is -2.38. The Morgan fingerprint density at radius 2 is 2.05 bits per heavy atom. The third-order valence-corrected chi connectivity index (χ3v) is 5.48. The molecule has 1 N–H and O–H groups in total. The molecule has 1 amide bonds. The highest BCUT2D eigenvalue weighted by Crippen LogP contribution is 2.26. The number of carbonyl (C=O) groups is 1. The number of nitrogens with one attached hydrogen (secondary N) is 1. The number of halogens is 2. The van der Waals surface area contributed by atoms with E-state index in [0.717, 1.165) is 6.26 Å². The fourth-order valence-corrected chi connectivity index (χ4v) is 3.87. The summed E-state index contributed by atoms with van der Waals surface area (Å²) in [5, 5.41) is 3.24. The number of rotatable bonds is 2. The lowest BCUT2D eigenvalue weighted by Crippen LogP contribution is -2.57. The molecule has 0 bridgehead atoms. The Bertz CT molecular complexity index is 708. The zero-order valence-electron chi connectivity index (χ0n) is 12.6. The molecule has 0 aromatic heterocycles. The normalized spacial score (nSPS) is 22.7. The number of nitrogens with zero attached hydrogens (tertiary/aromatic N) is 1. The molecule has 1 aliphatic heterocycles. The molecule has 0 spiro atoms. The van der Waals surface area contributed by atoms with E-state index in [1.54, 1.807) is 4.90 Å². The van der Waals surface area contributed by atoms with Crippen molar-refractivity contribution in [1.29, 1.82) is 0 Å². The van der Waals surface area contributed by atoms with E-state index in [0.29, 0.717) is 17.6 Å². The first-order valence-electron chi connectivity index (χ1n) is 6.86. The molecule has 0 saturated carbocycles. The second kappa shape index (κ2) is 6.25. The van der Waals surface area contributed by atoms with Crippen molar-refractivity contribution in [1.82, 2.24) is 10.2 Å². The molecule has 2 atom stereocenters. The molecule has 1 heterocycles. The van der Waals surface area contributed by atoms with Crippen molar-refractivity contribution in [2.75, 3.05) is 19.3 Å². The summed E-state index contributed by atoms with van der Waals surface area (Å²) in [7, 11) is -3.76. The smallest absolute Gasteiger partial charge is 0.257 e. The number of hydrogen-bond acceptors (Lipinski definition) is 4. The van der Waals surface area contributed by atoms with E-state index in [1.165, 1.54) is 12.1 Å². The first-order chi connectivity index (χ1) is 10.1. The van der Waals surface area contributed by atoms with Crippen LogP contribution in [0.2, 0.25) is 0 Å². The second-order valence-electron chi connectivity index (χ2n) is 5.52. The van der Waals surface area contributed by atoms with Crippen molar-refractivity contribution in [3.05, 3.63) is 28.0 Å². The van der Waals surface area contributed by atoms with Crippen molar-refractivity contribution in [3.8, 4) is 0 Å². The van der Waals surface area contributed by atoms with Gasteiger partial charge in [0.25, 0.3) is 5.91 Å². The van der Waals surface area contributed by atoms with Crippen LogP contribution in [0.4, 0.5) is 4.39 Å². The van der Waals surface area contributed by atoms with E-state index in [4.69, 9.17) is 0 Å². The maximum atomic E-state index is 14.5. The van der Waals surface area contributed by atoms with E-state index < -0.39 is 26.5 Å². The molecule has 22 heavy (non-hydrogen) atoms. The van der Waals surface area contributed by atoms with Crippen molar-refractivity contribution in [2.45, 2.75) is 30.8 Å². The fourth-order valence-electron chi connectivity index (χ4n) is 2.49. The highest BCUT2D eigenvalue weighted by Gasteiger charge is 2.31. The van der Waals surface area contributed by atoms with Crippen molar-refractivity contribution in [3.63, 3.8) is 0 Å². The van der Waals surface area contributed by atoms with E-state index in [-0.39, 0.29) is 17.6 Å². The maximum Gasteiger partial charge on any atom is 0.257 e. The van der Waals surface area contributed by atoms with E-state index in [2.05, 4.69) is 21.2 Å². The molecule has 0 aliphatic carbocycles. The van der Waals surface area contributed by atoms with Gasteiger partial charge in [-0.2, -0.15) is 0 Å². The Morgan fingerprint density at radius 1 is 1.41 bits per heavy atom. The Balaban J connectivity index is 2.48. The predicted octanol–water partition coefficient (Wildman–Crippen LogP) is 1.81. The molecule has 1 aliphatic rings. The Labute approximate surface area is 137 Å². The minimum Gasteiger partial charge on any atom is -0.333 e. The zero-order valence-corrected chi connectivity index (χ0v) is 15.0. The van der Waals surface area contributed by atoms with Gasteiger partial charge in [0, 0.05) is 35.9 Å². The van der Waals surface area contributed by atoms with E-state index >= 15 is 0 Å². The molecule has 1 fully saturated rings. The lowest BCUT2D eigenvalue weighted by atomic mass is 10.1. The maximum absolute atomic E-state index is 14.5. The van der Waals surface area contributed by atoms with Crippen molar-refractivity contribution < 1.29 is 17.6 Å². The largest absolute Gasteiger partial charge is 0.333 e. The number of carbonyl (C=O) groups excluding carboxylic acids is 1. The summed E-state index contributed by atoms with van der Waals surface area (Å²) in [6.07, 6.45) is 0.918. The van der Waals surface area contributed by atoms with Crippen LogP contribution in [0.3, 0.4) is 0 Å². The molecule has 8 heteroatoms. The SMILES string of the molecule is CC1NCCN(C(=O)c2cc(Br)cc(S(C)(=O)=O)c2F)C1C. The lowest BCUT2D eigenvalue weighted by molar-refractivity contribution is 0.0597. The summed E-state index contributed by atoms with van der Waals surface area (Å²) in [6.45, 7) is 4.89. The molecule has 2 rings (SSSR count). The first-order valence-corrected chi connectivity index (χ1v) is 9.55. The monoisotopic (exact) mass is 392 g/mol. The van der Waals surface area contributed by atoms with E-state index in [9.17, 15) is 17.6 Å². The number of sulfone groups is 1.